The van der Waals surface area contributed by atoms with Gasteiger partial charge in [-0.1, -0.05) is 31.7 Å². The molecule has 0 bridgehead atoms. The maximum atomic E-state index is 13.4. The molecular weight excluding hydrogens is 517 g/mol. The number of carbonyl (C=O) groups excluding carboxylic acids is 1. The van der Waals surface area contributed by atoms with Crippen molar-refractivity contribution in [3.63, 3.8) is 0 Å². The number of aryl methyl sites for hydroxylation is 1. The number of hydrogen-bond donors (Lipinski definition) is 0. The van der Waals surface area contributed by atoms with Crippen LogP contribution in [-0.2, 0) is 12.7 Å². The molecule has 0 aliphatic carbocycles. The van der Waals surface area contributed by atoms with Gasteiger partial charge < -0.3 is 4.57 Å². The molecule has 0 N–H and O–H groups in total. The van der Waals surface area contributed by atoms with E-state index in [2.05, 4.69) is 23.4 Å². The molecule has 38 heavy (non-hydrogen) atoms. The molecule has 7 nitrogen and oxygen atoms in total. The van der Waals surface area contributed by atoms with Gasteiger partial charge in [0.25, 0.3) is 5.69 Å². The molecular formula is C27H27F3N4O3S. The molecule has 2 heterocycles. The van der Waals surface area contributed by atoms with Crippen molar-refractivity contribution in [3.8, 4) is 5.69 Å². The zero-order chi connectivity index (χ0) is 27.8. The Labute approximate surface area is 221 Å². The van der Waals surface area contributed by atoms with Crippen molar-refractivity contribution in [1.82, 2.24) is 14.1 Å². The standard InChI is InChI=1S/C27H27F3N4O3S/c1-16(2)10-11-32-17(3)12-22(18(32)4)25(35)15-38-26-31-23-14-21(34(36)37)8-9-24(23)33(26)20-7-5-6-19(13-20)27(28,29)30/h5-9,12-14,16H,10-11,15H2,1-4H3. The van der Waals surface area contributed by atoms with Gasteiger partial charge in [-0.25, -0.2) is 4.98 Å². The van der Waals surface area contributed by atoms with Gasteiger partial charge in [0.2, 0.25) is 0 Å². The number of nitro groups is 1. The van der Waals surface area contributed by atoms with Crippen LogP contribution in [0.15, 0.2) is 53.7 Å². The third-order valence-electron chi connectivity index (χ3n) is 6.39. The Kier molecular flexibility index (Phi) is 7.68. The molecule has 4 aromatic rings. The van der Waals surface area contributed by atoms with E-state index >= 15 is 0 Å². The zero-order valence-corrected chi connectivity index (χ0v) is 22.2. The molecule has 0 spiro atoms. The molecule has 200 valence electrons. The van der Waals surface area contributed by atoms with E-state index in [-0.39, 0.29) is 33.6 Å². The fourth-order valence-corrected chi connectivity index (χ4v) is 5.26. The quantitative estimate of drug-likeness (QED) is 0.0949. The lowest BCUT2D eigenvalue weighted by Crippen LogP contribution is -2.09. The Morgan fingerprint density at radius 1 is 1.13 bits per heavy atom. The highest BCUT2D eigenvalue weighted by Gasteiger charge is 2.31. The van der Waals surface area contributed by atoms with Gasteiger partial charge in [-0.2, -0.15) is 13.2 Å². The van der Waals surface area contributed by atoms with Crippen LogP contribution < -0.4 is 0 Å². The summed E-state index contributed by atoms with van der Waals surface area (Å²) in [6.07, 6.45) is -3.57. The Morgan fingerprint density at radius 3 is 2.53 bits per heavy atom. The summed E-state index contributed by atoms with van der Waals surface area (Å²) in [5.41, 5.74) is 2.27. The van der Waals surface area contributed by atoms with Crippen LogP contribution >= 0.6 is 11.8 Å². The predicted molar refractivity (Wildman–Crippen MR) is 141 cm³/mol. The lowest BCUT2D eigenvalue weighted by Gasteiger charge is -2.12. The van der Waals surface area contributed by atoms with Gasteiger partial charge in [0.15, 0.2) is 10.9 Å². The predicted octanol–water partition coefficient (Wildman–Crippen LogP) is 7.39. The summed E-state index contributed by atoms with van der Waals surface area (Å²) in [7, 11) is 0. The number of imidazole rings is 1. The van der Waals surface area contributed by atoms with Crippen molar-refractivity contribution >= 4 is 34.3 Å². The molecule has 11 heteroatoms. The van der Waals surface area contributed by atoms with Gasteiger partial charge in [-0.15, -0.1) is 0 Å². The van der Waals surface area contributed by atoms with Gasteiger partial charge in [0, 0.05) is 41.3 Å². The maximum Gasteiger partial charge on any atom is 0.416 e. The van der Waals surface area contributed by atoms with Gasteiger partial charge in [0.05, 0.1) is 27.3 Å². The fraction of sp³-hybridized carbons (Fsp3) is 0.333. The lowest BCUT2D eigenvalue weighted by atomic mass is 10.1. The first kappa shape index (κ1) is 27.4. The average Bonchev–Trinajstić information content (AvgIpc) is 3.36. The molecule has 0 aliphatic heterocycles. The second kappa shape index (κ2) is 10.6. The van der Waals surface area contributed by atoms with E-state index in [9.17, 15) is 28.1 Å². The molecule has 0 atom stereocenters. The maximum absolute atomic E-state index is 13.4. The van der Waals surface area contributed by atoms with Crippen LogP contribution in [0.1, 0.15) is 47.6 Å². The number of nitrogens with zero attached hydrogens (tertiary/aromatic N) is 4. The number of aromatic nitrogens is 3. The third-order valence-corrected chi connectivity index (χ3v) is 7.32. The van der Waals surface area contributed by atoms with Gasteiger partial charge in [-0.05, 0) is 56.5 Å². The smallest absolute Gasteiger partial charge is 0.348 e. The van der Waals surface area contributed by atoms with E-state index < -0.39 is 16.7 Å². The zero-order valence-electron chi connectivity index (χ0n) is 21.4. The summed E-state index contributed by atoms with van der Waals surface area (Å²) in [4.78, 5) is 28.4. The van der Waals surface area contributed by atoms with Gasteiger partial charge in [-0.3, -0.25) is 19.5 Å². The molecule has 2 aromatic carbocycles. The summed E-state index contributed by atoms with van der Waals surface area (Å²) in [5, 5.41) is 11.5. The van der Waals surface area contributed by atoms with Crippen molar-refractivity contribution < 1.29 is 22.9 Å². The van der Waals surface area contributed by atoms with Gasteiger partial charge >= 0.3 is 6.18 Å². The van der Waals surface area contributed by atoms with E-state index in [0.717, 1.165) is 48.2 Å². The van der Waals surface area contributed by atoms with Crippen molar-refractivity contribution in [1.29, 1.82) is 0 Å². The topological polar surface area (TPSA) is 83.0 Å². The lowest BCUT2D eigenvalue weighted by molar-refractivity contribution is -0.384. The van der Waals surface area contributed by atoms with E-state index in [0.29, 0.717) is 17.0 Å². The number of nitro benzene ring substituents is 1. The summed E-state index contributed by atoms with van der Waals surface area (Å²) in [6, 6.07) is 10.6. The largest absolute Gasteiger partial charge is 0.416 e. The molecule has 0 aliphatic rings. The minimum atomic E-state index is -4.55. The number of non-ortho nitro benzene ring substituents is 1. The number of fused-ring (bicyclic) bond motifs is 1. The second-order valence-electron chi connectivity index (χ2n) is 9.54. The number of halogens is 3. The highest BCUT2D eigenvalue weighted by molar-refractivity contribution is 7.99. The molecule has 0 unspecified atom stereocenters. The number of thioether (sulfide) groups is 1. The Hall–Kier alpha value is -3.60. The monoisotopic (exact) mass is 544 g/mol. The van der Waals surface area contributed by atoms with E-state index in [1.54, 1.807) is 0 Å². The van der Waals surface area contributed by atoms with Crippen molar-refractivity contribution in [2.75, 3.05) is 5.75 Å². The number of hydrogen-bond acceptors (Lipinski definition) is 5. The van der Waals surface area contributed by atoms with Crippen LogP contribution in [0, 0.1) is 29.9 Å². The van der Waals surface area contributed by atoms with E-state index in [4.69, 9.17) is 0 Å². The molecule has 0 fully saturated rings. The summed E-state index contributed by atoms with van der Waals surface area (Å²) < 4.78 is 43.9. The number of benzene rings is 2. The van der Waals surface area contributed by atoms with Crippen molar-refractivity contribution in [2.24, 2.45) is 5.92 Å². The Balaban J connectivity index is 1.70. The fourth-order valence-electron chi connectivity index (χ4n) is 4.35. The first-order valence-corrected chi connectivity index (χ1v) is 13.0. The van der Waals surface area contributed by atoms with Crippen LogP contribution in [0.4, 0.5) is 18.9 Å². The molecule has 4 rings (SSSR count). The number of alkyl halides is 3. The highest BCUT2D eigenvalue weighted by Crippen LogP contribution is 2.34. The Morgan fingerprint density at radius 2 is 1.87 bits per heavy atom. The summed E-state index contributed by atoms with van der Waals surface area (Å²) in [6.45, 7) is 8.95. The molecule has 2 aromatic heterocycles. The minimum Gasteiger partial charge on any atom is -0.348 e. The Bertz CT molecular complexity index is 1520. The number of ketones is 1. The molecule has 0 amide bonds. The number of Topliss-reactive ketones (excluding diaryl/α,β-unsaturated/α-hetero) is 1. The number of carbonyl (C=O) groups is 1. The summed E-state index contributed by atoms with van der Waals surface area (Å²) in [5.74, 6) is 0.386. The van der Waals surface area contributed by atoms with Crippen LogP contribution in [-0.4, -0.2) is 30.6 Å². The van der Waals surface area contributed by atoms with Crippen molar-refractivity contribution in [2.45, 2.75) is 52.0 Å². The molecule has 0 radical (unpaired) electrons. The van der Waals surface area contributed by atoms with Gasteiger partial charge in [0.1, 0.15) is 0 Å². The van der Waals surface area contributed by atoms with E-state index in [1.807, 2.05) is 19.9 Å². The van der Waals surface area contributed by atoms with Crippen LogP contribution in [0.25, 0.3) is 16.7 Å². The first-order valence-electron chi connectivity index (χ1n) is 12.0. The second-order valence-corrected chi connectivity index (χ2v) is 10.5. The SMILES string of the molecule is Cc1cc(C(=O)CSc2nc3cc([N+](=O)[O-])ccc3n2-c2cccc(C(F)(F)F)c2)c(C)n1CCC(C)C. The summed E-state index contributed by atoms with van der Waals surface area (Å²) >= 11 is 1.08. The first-order chi connectivity index (χ1) is 17.9. The van der Waals surface area contributed by atoms with Crippen molar-refractivity contribution in [3.05, 3.63) is 81.2 Å². The molecule has 0 saturated heterocycles. The number of rotatable bonds is 9. The average molecular weight is 545 g/mol. The molecule has 0 saturated carbocycles. The van der Waals surface area contributed by atoms with Crippen LogP contribution in [0.2, 0.25) is 0 Å². The van der Waals surface area contributed by atoms with E-state index in [1.165, 1.54) is 34.9 Å². The third kappa shape index (κ3) is 5.62. The minimum absolute atomic E-state index is 0.00114. The highest BCUT2D eigenvalue weighted by atomic mass is 32.2. The normalized spacial score (nSPS) is 12.0. The van der Waals surface area contributed by atoms with Crippen LogP contribution in [0.3, 0.4) is 0 Å². The van der Waals surface area contributed by atoms with Crippen LogP contribution in [0.5, 0.6) is 0 Å².